The van der Waals surface area contributed by atoms with Crippen molar-refractivity contribution in [3.8, 4) is 0 Å². The van der Waals surface area contributed by atoms with E-state index in [2.05, 4.69) is 13.8 Å². The van der Waals surface area contributed by atoms with Crippen LogP contribution >= 0.6 is 0 Å². The Hall–Kier alpha value is -1.67. The van der Waals surface area contributed by atoms with Gasteiger partial charge in [0.15, 0.2) is 6.10 Å². The van der Waals surface area contributed by atoms with Gasteiger partial charge in [-0.3, -0.25) is 9.59 Å². The Morgan fingerprint density at radius 2 is 1.16 bits per heavy atom. The number of nitrogens with zero attached hydrogens (tertiary/aromatic N) is 1. The van der Waals surface area contributed by atoms with E-state index in [0.29, 0.717) is 12.8 Å². The molecule has 0 aliphatic heterocycles. The topological polar surface area (TPSA) is 102 Å². The molecule has 0 aromatic carbocycles. The number of hydrogen-bond acceptors (Lipinski definition) is 7. The van der Waals surface area contributed by atoms with Crippen LogP contribution in [0.3, 0.4) is 0 Å². The highest BCUT2D eigenvalue weighted by Crippen LogP contribution is 2.13. The van der Waals surface area contributed by atoms with Crippen LogP contribution < -0.4 is 5.11 Å². The van der Waals surface area contributed by atoms with E-state index in [9.17, 15) is 19.5 Å². The van der Waals surface area contributed by atoms with Crippen LogP contribution in [0.4, 0.5) is 0 Å². The number of hydrogen-bond donors (Lipinski definition) is 0. The lowest BCUT2D eigenvalue weighted by Gasteiger charge is -2.34. The van der Waals surface area contributed by atoms with Gasteiger partial charge < -0.3 is 28.6 Å². The fourth-order valence-corrected chi connectivity index (χ4v) is 4.30. The largest absolute Gasteiger partial charge is 0.544 e. The molecule has 38 heavy (non-hydrogen) atoms. The Balaban J connectivity index is 4.39. The Bertz CT molecular complexity index is 618. The molecule has 0 fully saturated rings. The van der Waals surface area contributed by atoms with Gasteiger partial charge in [-0.05, 0) is 12.8 Å². The number of esters is 2. The number of carboxylic acids is 1. The third kappa shape index (κ3) is 21.3. The van der Waals surface area contributed by atoms with E-state index in [-0.39, 0.29) is 42.7 Å². The molecule has 2 atom stereocenters. The van der Waals surface area contributed by atoms with E-state index >= 15 is 0 Å². The average molecular weight is 544 g/mol. The van der Waals surface area contributed by atoms with Crippen LogP contribution in [0.5, 0.6) is 0 Å². The molecule has 0 aromatic rings. The van der Waals surface area contributed by atoms with E-state index in [1.54, 1.807) is 21.1 Å². The number of rotatable bonds is 26. The lowest BCUT2D eigenvalue weighted by molar-refractivity contribution is -0.889. The molecule has 0 heterocycles. The van der Waals surface area contributed by atoms with Crippen LogP contribution in [0.1, 0.15) is 123 Å². The van der Waals surface area contributed by atoms with Crippen molar-refractivity contribution >= 4 is 17.9 Å². The molecule has 0 radical (unpaired) electrons. The zero-order valence-corrected chi connectivity index (χ0v) is 25.1. The second-order valence-corrected chi connectivity index (χ2v) is 11.4. The first-order valence-corrected chi connectivity index (χ1v) is 15.1. The van der Waals surface area contributed by atoms with Gasteiger partial charge in [0.2, 0.25) is 0 Å². The Morgan fingerprint density at radius 3 is 1.68 bits per heavy atom. The van der Waals surface area contributed by atoms with E-state index in [0.717, 1.165) is 38.5 Å². The van der Waals surface area contributed by atoms with Crippen LogP contribution in [-0.2, 0) is 28.6 Å². The van der Waals surface area contributed by atoms with E-state index in [1.807, 2.05) is 0 Å². The predicted molar refractivity (Wildman–Crippen MR) is 148 cm³/mol. The molecule has 0 N–H and O–H groups in total. The van der Waals surface area contributed by atoms with Crippen molar-refractivity contribution in [3.63, 3.8) is 0 Å². The number of unbranched alkanes of at least 4 members (excludes halogenated alkanes) is 12. The minimum Gasteiger partial charge on any atom is -0.544 e. The molecule has 8 heteroatoms. The summed E-state index contributed by atoms with van der Waals surface area (Å²) in [5.41, 5.74) is 0. The van der Waals surface area contributed by atoms with Crippen molar-refractivity contribution in [2.45, 2.75) is 135 Å². The first kappa shape index (κ1) is 36.3. The second kappa shape index (κ2) is 23.2. The highest BCUT2D eigenvalue weighted by Gasteiger charge is 2.25. The summed E-state index contributed by atoms with van der Waals surface area (Å²) in [5, 5.41) is 11.4. The van der Waals surface area contributed by atoms with Gasteiger partial charge in [-0.25, -0.2) is 0 Å². The van der Waals surface area contributed by atoms with Gasteiger partial charge >= 0.3 is 11.9 Å². The highest BCUT2D eigenvalue weighted by molar-refractivity contribution is 5.70. The number of likely N-dealkylation sites (N-methyl/N-ethyl adjacent to an activating group) is 1. The third-order valence-corrected chi connectivity index (χ3v) is 6.74. The molecule has 0 aromatic heterocycles. The third-order valence-electron chi connectivity index (χ3n) is 6.74. The number of carboxylic acid groups (broad SMARTS) is 1. The molecular formula is C30H57NO7. The zero-order valence-electron chi connectivity index (χ0n) is 25.1. The predicted octanol–water partition coefficient (Wildman–Crippen LogP) is 4.95. The molecule has 0 bridgehead atoms. The maximum absolute atomic E-state index is 12.4. The van der Waals surface area contributed by atoms with Crippen LogP contribution in [0, 0.1) is 0 Å². The molecule has 224 valence electrons. The van der Waals surface area contributed by atoms with Crippen molar-refractivity contribution in [2.24, 2.45) is 0 Å². The monoisotopic (exact) mass is 543 g/mol. The van der Waals surface area contributed by atoms with Crippen molar-refractivity contribution in [3.05, 3.63) is 0 Å². The van der Waals surface area contributed by atoms with E-state index in [1.165, 1.54) is 51.4 Å². The summed E-state index contributed by atoms with van der Waals surface area (Å²) in [6.45, 7) is 4.46. The van der Waals surface area contributed by atoms with Gasteiger partial charge in [0.1, 0.15) is 12.6 Å². The van der Waals surface area contributed by atoms with E-state index in [4.69, 9.17) is 14.2 Å². The van der Waals surface area contributed by atoms with Crippen molar-refractivity contribution in [2.75, 3.05) is 41.0 Å². The normalized spacial score (nSPS) is 13.2. The standard InChI is InChI=1S/C30H57NO7/c1-6-8-10-11-12-13-14-15-16-17-19-21-29(33)38-26(25-37-28(32)20-18-9-7-2)24-36-23-22-27(30(34)35)31(3,4)5/h26-27H,6-25H2,1-5H3. The SMILES string of the molecule is CCCCCCCCCCCCCC(=O)OC(COCCC(C(=O)[O-])[N+](C)(C)C)COC(=O)CCCCC. The first-order chi connectivity index (χ1) is 18.1. The maximum Gasteiger partial charge on any atom is 0.306 e. The summed E-state index contributed by atoms with van der Waals surface area (Å²) in [4.78, 5) is 35.9. The minimum atomic E-state index is -1.13. The Morgan fingerprint density at radius 1 is 0.684 bits per heavy atom. The summed E-state index contributed by atoms with van der Waals surface area (Å²) < 4.78 is 16.8. The molecule has 0 amide bonds. The van der Waals surface area contributed by atoms with Gasteiger partial charge in [0.05, 0.1) is 40.3 Å². The van der Waals surface area contributed by atoms with Gasteiger partial charge in [0.25, 0.3) is 0 Å². The number of carbonyl (C=O) groups excluding carboxylic acids is 3. The Kier molecular flexibility index (Phi) is 22.2. The summed E-state index contributed by atoms with van der Waals surface area (Å²) in [6, 6.07) is -0.714. The fourth-order valence-electron chi connectivity index (χ4n) is 4.30. The molecule has 0 saturated carbocycles. The lowest BCUT2D eigenvalue weighted by atomic mass is 10.1. The van der Waals surface area contributed by atoms with Crippen molar-refractivity contribution < 1.29 is 38.2 Å². The van der Waals surface area contributed by atoms with E-state index < -0.39 is 18.1 Å². The quantitative estimate of drug-likeness (QED) is 0.0864. The van der Waals surface area contributed by atoms with Crippen molar-refractivity contribution in [1.29, 1.82) is 0 Å². The van der Waals surface area contributed by atoms with Gasteiger partial charge in [-0.15, -0.1) is 0 Å². The maximum atomic E-state index is 12.4. The van der Waals surface area contributed by atoms with Crippen LogP contribution in [0.2, 0.25) is 0 Å². The molecule has 0 saturated heterocycles. The first-order valence-electron chi connectivity index (χ1n) is 15.1. The molecule has 0 aliphatic rings. The Labute approximate surface area is 232 Å². The fraction of sp³-hybridized carbons (Fsp3) is 0.900. The van der Waals surface area contributed by atoms with Crippen molar-refractivity contribution in [1.82, 2.24) is 0 Å². The zero-order chi connectivity index (χ0) is 28.7. The molecule has 8 nitrogen and oxygen atoms in total. The number of ether oxygens (including phenoxy) is 3. The summed E-state index contributed by atoms with van der Waals surface area (Å²) in [7, 11) is 5.37. The molecule has 0 aliphatic carbocycles. The highest BCUT2D eigenvalue weighted by atomic mass is 16.6. The van der Waals surface area contributed by atoms with Crippen LogP contribution in [-0.4, -0.2) is 75.5 Å². The second-order valence-electron chi connectivity index (χ2n) is 11.4. The average Bonchev–Trinajstić information content (AvgIpc) is 2.84. The van der Waals surface area contributed by atoms with Crippen LogP contribution in [0.25, 0.3) is 0 Å². The van der Waals surface area contributed by atoms with Crippen LogP contribution in [0.15, 0.2) is 0 Å². The molecular weight excluding hydrogens is 486 g/mol. The molecule has 0 rings (SSSR count). The van der Waals surface area contributed by atoms with Gasteiger partial charge in [-0.1, -0.05) is 90.9 Å². The number of carbonyl (C=O) groups is 3. The summed E-state index contributed by atoms with van der Waals surface area (Å²) in [6.07, 6.45) is 16.2. The van der Waals surface area contributed by atoms with Gasteiger partial charge in [0, 0.05) is 19.3 Å². The molecule has 2 unspecified atom stereocenters. The molecule has 0 spiro atoms. The van der Waals surface area contributed by atoms with Gasteiger partial charge in [-0.2, -0.15) is 0 Å². The number of aliphatic carboxylic acids is 1. The lowest BCUT2D eigenvalue weighted by Crippen LogP contribution is -2.55. The summed E-state index contributed by atoms with van der Waals surface area (Å²) >= 11 is 0. The number of quaternary nitrogens is 1. The smallest absolute Gasteiger partial charge is 0.306 e. The summed E-state index contributed by atoms with van der Waals surface area (Å²) in [5.74, 6) is -1.76. The minimum absolute atomic E-state index is 0.0448.